The van der Waals surface area contributed by atoms with Gasteiger partial charge in [-0.2, -0.15) is 5.10 Å². The molecule has 0 amide bonds. The molecule has 0 aromatic carbocycles. The van der Waals surface area contributed by atoms with Gasteiger partial charge in [0.1, 0.15) is 11.6 Å². The summed E-state index contributed by atoms with van der Waals surface area (Å²) in [6, 6.07) is 4.46. The molecule has 92 valence electrons. The first-order valence-electron chi connectivity index (χ1n) is 6.47. The number of nitrogens with zero attached hydrogens (tertiary/aromatic N) is 5. The summed E-state index contributed by atoms with van der Waals surface area (Å²) < 4.78 is 2.03. The van der Waals surface area contributed by atoms with Crippen molar-refractivity contribution in [3.05, 3.63) is 36.5 Å². The average Bonchev–Trinajstić information content (AvgIpc) is 3.06. The minimum absolute atomic E-state index is 0.486. The number of aromatic nitrogens is 4. The summed E-state index contributed by atoms with van der Waals surface area (Å²) in [4.78, 5) is 11.3. The summed E-state index contributed by atoms with van der Waals surface area (Å²) >= 11 is 0. The molecule has 5 nitrogen and oxygen atoms in total. The van der Waals surface area contributed by atoms with Crippen LogP contribution in [0.1, 0.15) is 30.6 Å². The van der Waals surface area contributed by atoms with Gasteiger partial charge in [0, 0.05) is 37.6 Å². The number of rotatable bonds is 3. The maximum absolute atomic E-state index is 4.66. The second kappa shape index (κ2) is 3.80. The predicted octanol–water partition coefficient (Wildman–Crippen LogP) is 1.61. The first kappa shape index (κ1) is 10.1. The molecular weight excluding hydrogens is 226 g/mol. The molecule has 0 spiro atoms. The van der Waals surface area contributed by atoms with Crippen molar-refractivity contribution >= 4 is 5.82 Å². The zero-order valence-electron chi connectivity index (χ0n) is 10.1. The molecular formula is C13H15N5. The highest BCUT2D eigenvalue weighted by Gasteiger charge is 2.31. The molecule has 2 aliphatic rings. The van der Waals surface area contributed by atoms with E-state index in [9.17, 15) is 0 Å². The van der Waals surface area contributed by atoms with E-state index in [0.717, 1.165) is 24.7 Å². The number of hydrogen-bond acceptors (Lipinski definition) is 4. The Morgan fingerprint density at radius 1 is 1.17 bits per heavy atom. The van der Waals surface area contributed by atoms with Crippen molar-refractivity contribution in [2.24, 2.45) is 0 Å². The summed E-state index contributed by atoms with van der Waals surface area (Å²) in [7, 11) is 0. The van der Waals surface area contributed by atoms with E-state index in [0.29, 0.717) is 12.0 Å². The van der Waals surface area contributed by atoms with Crippen LogP contribution in [0.15, 0.2) is 30.7 Å². The van der Waals surface area contributed by atoms with Crippen LogP contribution in [0.3, 0.4) is 0 Å². The van der Waals surface area contributed by atoms with Gasteiger partial charge in [-0.15, -0.1) is 0 Å². The average molecular weight is 241 g/mol. The highest BCUT2D eigenvalue weighted by Crippen LogP contribution is 2.38. The van der Waals surface area contributed by atoms with E-state index in [-0.39, 0.29) is 0 Å². The van der Waals surface area contributed by atoms with Crippen LogP contribution < -0.4 is 4.90 Å². The summed E-state index contributed by atoms with van der Waals surface area (Å²) in [5.41, 5.74) is 0. The van der Waals surface area contributed by atoms with Gasteiger partial charge in [0.25, 0.3) is 0 Å². The van der Waals surface area contributed by atoms with Crippen LogP contribution in [0.2, 0.25) is 0 Å². The Hall–Kier alpha value is -1.91. The third-order valence-corrected chi connectivity index (χ3v) is 3.69. The summed E-state index contributed by atoms with van der Waals surface area (Å²) in [6.07, 6.45) is 8.24. The lowest BCUT2D eigenvalue weighted by Crippen LogP contribution is -2.48. The Balaban J connectivity index is 1.47. The lowest BCUT2D eigenvalue weighted by atomic mass is 10.1. The maximum atomic E-state index is 4.66. The Labute approximate surface area is 105 Å². The van der Waals surface area contributed by atoms with Gasteiger partial charge in [-0.25, -0.2) is 9.97 Å². The van der Waals surface area contributed by atoms with Crippen molar-refractivity contribution in [3.8, 4) is 0 Å². The fraction of sp³-hybridized carbons (Fsp3) is 0.462. The van der Waals surface area contributed by atoms with Crippen molar-refractivity contribution < 1.29 is 0 Å². The van der Waals surface area contributed by atoms with Gasteiger partial charge >= 0.3 is 0 Å². The molecule has 4 rings (SSSR count). The van der Waals surface area contributed by atoms with Crippen molar-refractivity contribution in [2.45, 2.75) is 24.8 Å². The SMILES string of the molecule is c1cnn(C2CN(c3ccnc(C4CC4)n3)C2)c1. The third-order valence-electron chi connectivity index (χ3n) is 3.69. The van der Waals surface area contributed by atoms with Crippen LogP contribution >= 0.6 is 0 Å². The van der Waals surface area contributed by atoms with Crippen molar-refractivity contribution in [1.29, 1.82) is 0 Å². The molecule has 3 heterocycles. The molecule has 0 bridgehead atoms. The first-order chi connectivity index (χ1) is 8.90. The number of hydrogen-bond donors (Lipinski definition) is 0. The second-order valence-electron chi connectivity index (χ2n) is 5.09. The smallest absolute Gasteiger partial charge is 0.133 e. The molecule has 1 aliphatic carbocycles. The molecule has 1 aliphatic heterocycles. The molecule has 2 fully saturated rings. The zero-order valence-corrected chi connectivity index (χ0v) is 10.1. The predicted molar refractivity (Wildman–Crippen MR) is 67.5 cm³/mol. The van der Waals surface area contributed by atoms with E-state index in [1.807, 2.05) is 35.4 Å². The van der Waals surface area contributed by atoms with Gasteiger partial charge in [0.2, 0.25) is 0 Å². The first-order valence-corrected chi connectivity index (χ1v) is 6.47. The topological polar surface area (TPSA) is 46.8 Å². The minimum atomic E-state index is 0.486. The largest absolute Gasteiger partial charge is 0.352 e. The molecule has 1 saturated carbocycles. The van der Waals surface area contributed by atoms with E-state index in [1.165, 1.54) is 12.8 Å². The number of anilines is 1. The molecule has 0 unspecified atom stereocenters. The van der Waals surface area contributed by atoms with Gasteiger partial charge < -0.3 is 4.90 Å². The van der Waals surface area contributed by atoms with Crippen LogP contribution in [0.4, 0.5) is 5.82 Å². The standard InChI is InChI=1S/C13H15N5/c1-5-15-18(7-1)11-8-17(9-11)12-4-6-14-13(16-12)10-2-3-10/h1,4-7,10-11H,2-3,8-9H2. The Morgan fingerprint density at radius 3 is 2.78 bits per heavy atom. The van der Waals surface area contributed by atoms with E-state index in [2.05, 4.69) is 20.0 Å². The summed E-state index contributed by atoms with van der Waals surface area (Å²) in [6.45, 7) is 1.98. The van der Waals surface area contributed by atoms with Crippen molar-refractivity contribution in [1.82, 2.24) is 19.7 Å². The summed E-state index contributed by atoms with van der Waals surface area (Å²) in [5.74, 6) is 2.71. The molecule has 18 heavy (non-hydrogen) atoms. The quantitative estimate of drug-likeness (QED) is 0.819. The van der Waals surface area contributed by atoms with Crippen LogP contribution in [-0.2, 0) is 0 Å². The zero-order chi connectivity index (χ0) is 11.9. The molecule has 1 saturated heterocycles. The van der Waals surface area contributed by atoms with E-state index in [4.69, 9.17) is 0 Å². The van der Waals surface area contributed by atoms with Crippen molar-refractivity contribution in [3.63, 3.8) is 0 Å². The van der Waals surface area contributed by atoms with E-state index < -0.39 is 0 Å². The van der Waals surface area contributed by atoms with Gasteiger partial charge in [-0.1, -0.05) is 0 Å². The normalized spacial score (nSPS) is 19.9. The fourth-order valence-electron chi connectivity index (χ4n) is 2.38. The molecule has 2 aromatic heterocycles. The lowest BCUT2D eigenvalue weighted by molar-refractivity contribution is 0.365. The van der Waals surface area contributed by atoms with Crippen molar-refractivity contribution in [2.75, 3.05) is 18.0 Å². The van der Waals surface area contributed by atoms with Crippen LogP contribution in [0.5, 0.6) is 0 Å². The van der Waals surface area contributed by atoms with Gasteiger partial charge in [0.15, 0.2) is 0 Å². The monoisotopic (exact) mass is 241 g/mol. The molecule has 5 heteroatoms. The van der Waals surface area contributed by atoms with Gasteiger partial charge in [-0.3, -0.25) is 4.68 Å². The van der Waals surface area contributed by atoms with Gasteiger partial charge in [0.05, 0.1) is 6.04 Å². The molecule has 0 atom stereocenters. The van der Waals surface area contributed by atoms with Crippen LogP contribution in [-0.4, -0.2) is 32.8 Å². The lowest BCUT2D eigenvalue weighted by Gasteiger charge is -2.40. The Bertz CT molecular complexity index is 540. The summed E-state index contributed by atoms with van der Waals surface area (Å²) in [5, 5.41) is 4.28. The van der Waals surface area contributed by atoms with E-state index in [1.54, 1.807) is 0 Å². The van der Waals surface area contributed by atoms with Gasteiger partial charge in [-0.05, 0) is 25.0 Å². The Morgan fingerprint density at radius 2 is 2.06 bits per heavy atom. The maximum Gasteiger partial charge on any atom is 0.133 e. The molecule has 2 aromatic rings. The Kier molecular flexibility index (Phi) is 2.12. The fourth-order valence-corrected chi connectivity index (χ4v) is 2.38. The second-order valence-corrected chi connectivity index (χ2v) is 5.09. The van der Waals surface area contributed by atoms with Crippen LogP contribution in [0.25, 0.3) is 0 Å². The van der Waals surface area contributed by atoms with E-state index >= 15 is 0 Å². The molecule has 0 radical (unpaired) electrons. The highest BCUT2D eigenvalue weighted by atomic mass is 15.4. The highest BCUT2D eigenvalue weighted by molar-refractivity contribution is 5.41. The van der Waals surface area contributed by atoms with Crippen LogP contribution in [0, 0.1) is 0 Å². The minimum Gasteiger partial charge on any atom is -0.352 e. The molecule has 0 N–H and O–H groups in total. The third kappa shape index (κ3) is 1.66.